The summed E-state index contributed by atoms with van der Waals surface area (Å²) < 4.78 is 5.19. The second-order valence-corrected chi connectivity index (χ2v) is 7.62. The number of alkyl carbamates (subject to hydrolysis) is 1. The molecule has 2 N–H and O–H groups in total. The molecule has 3 amide bonds. The molecule has 0 aromatic heterocycles. The van der Waals surface area contributed by atoms with Gasteiger partial charge in [-0.25, -0.2) is 4.79 Å². The van der Waals surface area contributed by atoms with Crippen LogP contribution in [0.1, 0.15) is 44.7 Å². The molecule has 0 fully saturated rings. The third-order valence-electron chi connectivity index (χ3n) is 5.39. The molecule has 1 aliphatic rings. The van der Waals surface area contributed by atoms with Gasteiger partial charge in [-0.3, -0.25) is 9.59 Å². The monoisotopic (exact) mass is 423 g/mol. The lowest BCUT2D eigenvalue weighted by atomic mass is 9.95. The second-order valence-electron chi connectivity index (χ2n) is 7.62. The number of nitrogens with one attached hydrogen (secondary N) is 2. The van der Waals surface area contributed by atoms with Crippen LogP contribution in [-0.2, 0) is 14.3 Å². The molecule has 164 valence electrons. The number of hydrogen-bond donors (Lipinski definition) is 2. The van der Waals surface area contributed by atoms with Gasteiger partial charge in [0.15, 0.2) is 6.10 Å². The molecule has 2 atom stereocenters. The van der Waals surface area contributed by atoms with Gasteiger partial charge >= 0.3 is 6.09 Å². The maximum Gasteiger partial charge on any atom is 0.407 e. The minimum Gasteiger partial charge on any atom is -0.436 e. The highest BCUT2D eigenvalue weighted by Gasteiger charge is 2.34. The number of rotatable bonds is 7. The number of hydrogen-bond acceptors (Lipinski definition) is 4. The molecule has 0 saturated heterocycles. The quantitative estimate of drug-likeness (QED) is 0.663. The van der Waals surface area contributed by atoms with E-state index >= 15 is 0 Å². The van der Waals surface area contributed by atoms with Crippen LogP contribution in [0.25, 0.3) is 11.1 Å². The Morgan fingerprint density at radius 3 is 2.48 bits per heavy atom. The van der Waals surface area contributed by atoms with Crippen LogP contribution >= 0.6 is 0 Å². The van der Waals surface area contributed by atoms with Crippen molar-refractivity contribution in [3.63, 3.8) is 0 Å². The highest BCUT2D eigenvalue weighted by molar-refractivity contribution is 6.06. The van der Waals surface area contributed by atoms with Crippen molar-refractivity contribution in [3.05, 3.63) is 54.1 Å². The summed E-state index contributed by atoms with van der Waals surface area (Å²) in [7, 11) is 1.69. The van der Waals surface area contributed by atoms with E-state index in [4.69, 9.17) is 4.74 Å². The molecule has 0 spiro atoms. The molecule has 31 heavy (non-hydrogen) atoms. The molecule has 1 heterocycles. The van der Waals surface area contributed by atoms with Crippen LogP contribution in [0.2, 0.25) is 0 Å². The van der Waals surface area contributed by atoms with Crippen LogP contribution in [0.3, 0.4) is 0 Å². The van der Waals surface area contributed by atoms with Gasteiger partial charge in [-0.05, 0) is 30.5 Å². The zero-order valence-electron chi connectivity index (χ0n) is 18.2. The zero-order valence-corrected chi connectivity index (χ0v) is 18.2. The maximum absolute atomic E-state index is 13.2. The molecule has 2 aromatic carbocycles. The van der Waals surface area contributed by atoms with E-state index in [1.807, 2.05) is 48.5 Å². The molecular formula is C24H29N3O4. The Balaban J connectivity index is 1.76. The van der Waals surface area contributed by atoms with Gasteiger partial charge in [-0.15, -0.1) is 0 Å². The number of anilines is 1. The number of unbranched alkanes of at least 4 members (excludes halogenated alkanes) is 2. The van der Waals surface area contributed by atoms with Gasteiger partial charge in [0.1, 0.15) is 6.04 Å². The van der Waals surface area contributed by atoms with E-state index < -0.39 is 24.1 Å². The van der Waals surface area contributed by atoms with E-state index in [1.54, 1.807) is 11.9 Å². The fourth-order valence-corrected chi connectivity index (χ4v) is 3.65. The van der Waals surface area contributed by atoms with Crippen molar-refractivity contribution in [2.75, 3.05) is 18.5 Å². The Hall–Kier alpha value is -3.35. The first kappa shape index (κ1) is 22.3. The third-order valence-corrected chi connectivity index (χ3v) is 5.39. The van der Waals surface area contributed by atoms with Gasteiger partial charge < -0.3 is 20.3 Å². The summed E-state index contributed by atoms with van der Waals surface area (Å²) in [6.07, 6.45) is 1.23. The van der Waals surface area contributed by atoms with E-state index in [2.05, 4.69) is 17.6 Å². The smallest absolute Gasteiger partial charge is 0.407 e. The fourth-order valence-electron chi connectivity index (χ4n) is 3.65. The molecule has 7 nitrogen and oxygen atoms in total. The third kappa shape index (κ3) is 5.05. The first-order valence-electron chi connectivity index (χ1n) is 10.6. The van der Waals surface area contributed by atoms with Crippen molar-refractivity contribution in [1.29, 1.82) is 0 Å². The van der Waals surface area contributed by atoms with Crippen LogP contribution < -0.4 is 15.5 Å². The number of benzene rings is 2. The summed E-state index contributed by atoms with van der Waals surface area (Å²) in [5, 5.41) is 5.42. The maximum atomic E-state index is 13.2. The molecule has 0 aliphatic carbocycles. The fraction of sp³-hybridized carbons (Fsp3) is 0.375. The van der Waals surface area contributed by atoms with E-state index in [0.29, 0.717) is 12.1 Å². The Morgan fingerprint density at radius 1 is 1.06 bits per heavy atom. The molecule has 3 rings (SSSR count). The van der Waals surface area contributed by atoms with Crippen molar-refractivity contribution < 1.29 is 19.1 Å². The molecule has 0 bridgehead atoms. The Bertz CT molecular complexity index is 959. The van der Waals surface area contributed by atoms with Crippen LogP contribution in [0, 0.1) is 0 Å². The lowest BCUT2D eigenvalue weighted by Gasteiger charge is -2.24. The normalized spacial score (nSPS) is 15.9. The molecule has 0 saturated carbocycles. The number of carbonyl (C=O) groups is 3. The summed E-state index contributed by atoms with van der Waals surface area (Å²) in [5.74, 6) is -0.793. The van der Waals surface area contributed by atoms with Crippen molar-refractivity contribution in [3.8, 4) is 11.1 Å². The lowest BCUT2D eigenvalue weighted by Crippen LogP contribution is -2.45. The minimum atomic E-state index is -1.04. The number of amides is 3. The average molecular weight is 424 g/mol. The van der Waals surface area contributed by atoms with Gasteiger partial charge in [0, 0.05) is 19.2 Å². The average Bonchev–Trinajstić information content (AvgIpc) is 2.86. The second kappa shape index (κ2) is 10.1. The molecule has 0 unspecified atom stereocenters. The van der Waals surface area contributed by atoms with Gasteiger partial charge in [0.05, 0.1) is 5.69 Å². The number of ether oxygens (including phenoxy) is 1. The summed E-state index contributed by atoms with van der Waals surface area (Å²) in [6.45, 7) is 4.07. The van der Waals surface area contributed by atoms with E-state index in [-0.39, 0.29) is 5.91 Å². The SMILES string of the molecule is CCCCCNC(=O)O[C@H](C)C(=O)N[C@@H]1C(=O)N(C)c2ccccc2-c2ccccc21. The van der Waals surface area contributed by atoms with Crippen molar-refractivity contribution in [2.45, 2.75) is 45.3 Å². The highest BCUT2D eigenvalue weighted by Crippen LogP contribution is 2.39. The Morgan fingerprint density at radius 2 is 1.74 bits per heavy atom. The van der Waals surface area contributed by atoms with Crippen LogP contribution in [0.4, 0.5) is 10.5 Å². The number of para-hydroxylation sites is 1. The largest absolute Gasteiger partial charge is 0.436 e. The standard InChI is InChI=1S/C24H29N3O4/c1-4-5-10-15-25-24(30)31-16(2)22(28)26-21-19-13-7-6-11-17(19)18-12-8-9-14-20(18)27(3)23(21)29/h6-9,11-14,16,21H,4-5,10,15H2,1-3H3,(H,25,30)(H,26,28)/t16-,21+/m1/s1. The van der Waals surface area contributed by atoms with Crippen molar-refractivity contribution >= 4 is 23.6 Å². The summed E-state index contributed by atoms with van der Waals surface area (Å²) >= 11 is 0. The minimum absolute atomic E-state index is 0.262. The van der Waals surface area contributed by atoms with Gasteiger partial charge in [-0.1, -0.05) is 62.2 Å². The van der Waals surface area contributed by atoms with E-state index in [9.17, 15) is 14.4 Å². The Labute approximate surface area is 182 Å². The molecule has 7 heteroatoms. The molecular weight excluding hydrogens is 394 g/mol. The number of carbonyl (C=O) groups excluding carboxylic acids is 3. The van der Waals surface area contributed by atoms with Gasteiger partial charge in [0.2, 0.25) is 0 Å². The van der Waals surface area contributed by atoms with Crippen LogP contribution in [0.5, 0.6) is 0 Å². The highest BCUT2D eigenvalue weighted by atomic mass is 16.6. The summed E-state index contributed by atoms with van der Waals surface area (Å²) in [6, 6.07) is 14.2. The molecule has 1 aliphatic heterocycles. The van der Waals surface area contributed by atoms with Crippen molar-refractivity contribution in [1.82, 2.24) is 10.6 Å². The van der Waals surface area contributed by atoms with Crippen LogP contribution in [-0.4, -0.2) is 37.6 Å². The number of likely N-dealkylation sites (N-methyl/N-ethyl adjacent to an activating group) is 1. The topological polar surface area (TPSA) is 87.7 Å². The van der Waals surface area contributed by atoms with Crippen molar-refractivity contribution in [2.24, 2.45) is 0 Å². The number of fused-ring (bicyclic) bond motifs is 3. The van der Waals surface area contributed by atoms with E-state index in [0.717, 1.165) is 36.1 Å². The molecule has 2 aromatic rings. The van der Waals surface area contributed by atoms with Gasteiger partial charge in [-0.2, -0.15) is 0 Å². The lowest BCUT2D eigenvalue weighted by molar-refractivity contribution is -0.132. The zero-order chi connectivity index (χ0) is 22.4. The predicted octanol–water partition coefficient (Wildman–Crippen LogP) is 3.79. The Kier molecular flexibility index (Phi) is 7.28. The predicted molar refractivity (Wildman–Crippen MR) is 120 cm³/mol. The van der Waals surface area contributed by atoms with Crippen LogP contribution in [0.15, 0.2) is 48.5 Å². The summed E-state index contributed by atoms with van der Waals surface area (Å²) in [5.41, 5.74) is 3.27. The number of nitrogens with zero attached hydrogens (tertiary/aromatic N) is 1. The van der Waals surface area contributed by atoms with Gasteiger partial charge in [0.25, 0.3) is 11.8 Å². The first-order chi connectivity index (χ1) is 14.9. The summed E-state index contributed by atoms with van der Waals surface area (Å²) in [4.78, 5) is 39.5. The first-order valence-corrected chi connectivity index (χ1v) is 10.6. The molecule has 0 radical (unpaired) electrons. The van der Waals surface area contributed by atoms with E-state index in [1.165, 1.54) is 6.92 Å².